The molecule has 1 aromatic rings. The van der Waals surface area contributed by atoms with E-state index < -0.39 is 27.4 Å². The first-order chi connectivity index (χ1) is 9.34. The quantitative estimate of drug-likeness (QED) is 0.783. The summed E-state index contributed by atoms with van der Waals surface area (Å²) in [6.45, 7) is 5.69. The first-order valence-electron chi connectivity index (χ1n) is 5.98. The fourth-order valence-corrected chi connectivity index (χ4v) is 3.21. The van der Waals surface area contributed by atoms with E-state index in [1.54, 1.807) is 0 Å². The van der Waals surface area contributed by atoms with Gasteiger partial charge in [-0.2, -0.15) is 4.31 Å². The molecule has 0 atom stereocenters. The molecule has 0 saturated carbocycles. The molecule has 0 aliphatic carbocycles. The number of rotatable bonds is 7. The Bertz CT molecular complexity index is 613. The van der Waals surface area contributed by atoms with Gasteiger partial charge in [-0.1, -0.05) is 13.0 Å². The third-order valence-electron chi connectivity index (χ3n) is 2.61. The number of aromatic carboxylic acids is 1. The van der Waals surface area contributed by atoms with Crippen LogP contribution in [0.25, 0.3) is 0 Å². The van der Waals surface area contributed by atoms with Gasteiger partial charge in [0.15, 0.2) is 0 Å². The largest absolute Gasteiger partial charge is 0.478 e. The van der Waals surface area contributed by atoms with Crippen LogP contribution in [0.2, 0.25) is 0 Å². The zero-order chi connectivity index (χ0) is 15.3. The summed E-state index contributed by atoms with van der Waals surface area (Å²) in [5.41, 5.74) is -0.666. The van der Waals surface area contributed by atoms with Gasteiger partial charge in [0.25, 0.3) is 0 Å². The summed E-state index contributed by atoms with van der Waals surface area (Å²) in [7, 11) is -3.87. The van der Waals surface area contributed by atoms with Crippen molar-refractivity contribution in [2.45, 2.75) is 18.2 Å². The molecule has 0 fully saturated rings. The minimum absolute atomic E-state index is 0.107. The van der Waals surface area contributed by atoms with Crippen molar-refractivity contribution in [1.29, 1.82) is 0 Å². The predicted molar refractivity (Wildman–Crippen MR) is 72.6 cm³/mol. The summed E-state index contributed by atoms with van der Waals surface area (Å²) in [4.78, 5) is 10.6. The molecule has 0 unspecified atom stereocenters. The normalized spacial score (nSPS) is 11.6. The Morgan fingerprint density at radius 3 is 2.65 bits per heavy atom. The summed E-state index contributed by atoms with van der Waals surface area (Å²) < 4.78 is 39.2. The Hall–Kier alpha value is -1.73. The van der Waals surface area contributed by atoms with Gasteiger partial charge in [0, 0.05) is 13.1 Å². The van der Waals surface area contributed by atoms with Crippen molar-refractivity contribution < 1.29 is 22.7 Å². The molecule has 1 rings (SSSR count). The molecule has 20 heavy (non-hydrogen) atoms. The molecular formula is C13H16FNO4S. The van der Waals surface area contributed by atoms with Gasteiger partial charge in [-0.25, -0.2) is 17.6 Å². The van der Waals surface area contributed by atoms with Gasteiger partial charge in [-0.15, -0.1) is 6.58 Å². The molecule has 1 N–H and O–H groups in total. The maximum absolute atomic E-state index is 13.3. The van der Waals surface area contributed by atoms with Gasteiger partial charge in [-0.05, 0) is 24.6 Å². The van der Waals surface area contributed by atoms with Gasteiger partial charge in [-0.3, -0.25) is 0 Å². The number of carbonyl (C=O) groups is 1. The minimum atomic E-state index is -3.87. The van der Waals surface area contributed by atoms with Crippen LogP contribution in [0, 0.1) is 5.82 Å². The summed E-state index contributed by atoms with van der Waals surface area (Å²) in [6, 6.07) is 2.73. The number of hydrogen-bond donors (Lipinski definition) is 1. The summed E-state index contributed by atoms with van der Waals surface area (Å²) in [6.07, 6.45) is 2.04. The van der Waals surface area contributed by atoms with E-state index in [-0.39, 0.29) is 18.0 Å². The van der Waals surface area contributed by atoms with Crippen LogP contribution < -0.4 is 0 Å². The summed E-state index contributed by atoms with van der Waals surface area (Å²) in [5.74, 6) is -2.48. The zero-order valence-electron chi connectivity index (χ0n) is 11.0. The number of halogens is 1. The number of nitrogens with zero attached hydrogens (tertiary/aromatic N) is 1. The molecule has 0 bridgehead atoms. The number of hydrogen-bond acceptors (Lipinski definition) is 3. The monoisotopic (exact) mass is 301 g/mol. The lowest BCUT2D eigenvalue weighted by Crippen LogP contribution is -2.32. The van der Waals surface area contributed by atoms with Crippen molar-refractivity contribution >= 4 is 16.0 Å². The second-order valence-electron chi connectivity index (χ2n) is 4.10. The maximum Gasteiger partial charge on any atom is 0.338 e. The lowest BCUT2D eigenvalue weighted by molar-refractivity contribution is 0.0691. The molecule has 1 aromatic carbocycles. The third-order valence-corrected chi connectivity index (χ3v) is 4.47. The Morgan fingerprint density at radius 1 is 1.50 bits per heavy atom. The number of carboxylic acid groups (broad SMARTS) is 1. The lowest BCUT2D eigenvalue weighted by atomic mass is 10.2. The van der Waals surface area contributed by atoms with Gasteiger partial charge in [0.05, 0.1) is 10.5 Å². The fourth-order valence-electron chi connectivity index (χ4n) is 1.68. The molecule has 0 amide bonds. The first kappa shape index (κ1) is 16.3. The van der Waals surface area contributed by atoms with Crippen molar-refractivity contribution in [3.05, 3.63) is 42.2 Å². The molecule has 0 spiro atoms. The van der Waals surface area contributed by atoms with E-state index in [1.165, 1.54) is 10.4 Å². The average molecular weight is 301 g/mol. The maximum atomic E-state index is 13.3. The Balaban J connectivity index is 3.30. The number of carboxylic acids is 1. The molecule has 5 nitrogen and oxygen atoms in total. The second kappa shape index (κ2) is 6.62. The standard InChI is InChI=1S/C13H16FNO4S/c1-3-7-15(8-4-2)20(18,19)10-5-6-12(14)11(9-10)13(16)17/h3,5-6,9H,1,4,7-8H2,2H3,(H,16,17). The topological polar surface area (TPSA) is 74.7 Å². The predicted octanol–water partition coefficient (Wildman–Crippen LogP) is 2.11. The van der Waals surface area contributed by atoms with Crippen LogP contribution in [0.1, 0.15) is 23.7 Å². The average Bonchev–Trinajstić information content (AvgIpc) is 2.38. The Kier molecular flexibility index (Phi) is 5.41. The van der Waals surface area contributed by atoms with Crippen LogP contribution in [-0.4, -0.2) is 36.9 Å². The molecule has 110 valence electrons. The molecule has 0 aliphatic rings. The van der Waals surface area contributed by atoms with Crippen LogP contribution in [0.15, 0.2) is 35.7 Å². The van der Waals surface area contributed by atoms with Gasteiger partial charge < -0.3 is 5.11 Å². The number of sulfonamides is 1. The molecule has 0 saturated heterocycles. The van der Waals surface area contributed by atoms with E-state index in [0.29, 0.717) is 6.42 Å². The lowest BCUT2D eigenvalue weighted by Gasteiger charge is -2.20. The van der Waals surface area contributed by atoms with Crippen molar-refractivity contribution in [2.24, 2.45) is 0 Å². The third kappa shape index (κ3) is 3.43. The SMILES string of the molecule is C=CCN(CCC)S(=O)(=O)c1ccc(F)c(C(=O)O)c1. The highest BCUT2D eigenvalue weighted by Gasteiger charge is 2.24. The van der Waals surface area contributed by atoms with Crippen LogP contribution in [0.5, 0.6) is 0 Å². The highest BCUT2D eigenvalue weighted by Crippen LogP contribution is 2.19. The molecule has 0 radical (unpaired) electrons. The fraction of sp³-hybridized carbons (Fsp3) is 0.308. The van der Waals surface area contributed by atoms with Crippen molar-refractivity contribution in [3.8, 4) is 0 Å². The van der Waals surface area contributed by atoms with Gasteiger partial charge in [0.2, 0.25) is 10.0 Å². The smallest absolute Gasteiger partial charge is 0.338 e. The minimum Gasteiger partial charge on any atom is -0.478 e. The van der Waals surface area contributed by atoms with Gasteiger partial charge >= 0.3 is 5.97 Å². The van der Waals surface area contributed by atoms with Crippen LogP contribution >= 0.6 is 0 Å². The second-order valence-corrected chi connectivity index (χ2v) is 6.04. The van der Waals surface area contributed by atoms with E-state index in [0.717, 1.165) is 18.2 Å². The van der Waals surface area contributed by atoms with Crippen molar-refractivity contribution in [1.82, 2.24) is 4.31 Å². The number of benzene rings is 1. The zero-order valence-corrected chi connectivity index (χ0v) is 11.9. The highest BCUT2D eigenvalue weighted by molar-refractivity contribution is 7.89. The van der Waals surface area contributed by atoms with Crippen molar-refractivity contribution in [2.75, 3.05) is 13.1 Å². The van der Waals surface area contributed by atoms with E-state index in [1.807, 2.05) is 6.92 Å². The molecule has 0 aliphatic heterocycles. The highest BCUT2D eigenvalue weighted by atomic mass is 32.2. The molecule has 7 heteroatoms. The van der Waals surface area contributed by atoms with E-state index in [4.69, 9.17) is 5.11 Å². The van der Waals surface area contributed by atoms with E-state index >= 15 is 0 Å². The summed E-state index contributed by atoms with van der Waals surface area (Å²) >= 11 is 0. The molecule has 0 aromatic heterocycles. The Morgan fingerprint density at radius 2 is 2.15 bits per heavy atom. The van der Waals surface area contributed by atoms with Crippen molar-refractivity contribution in [3.63, 3.8) is 0 Å². The van der Waals surface area contributed by atoms with E-state index in [2.05, 4.69) is 6.58 Å². The van der Waals surface area contributed by atoms with Gasteiger partial charge in [0.1, 0.15) is 5.82 Å². The van der Waals surface area contributed by atoms with Crippen LogP contribution in [0.4, 0.5) is 4.39 Å². The Labute approximate surface area is 117 Å². The van der Waals surface area contributed by atoms with E-state index in [9.17, 15) is 17.6 Å². The molecular weight excluding hydrogens is 285 g/mol. The van der Waals surface area contributed by atoms with Crippen LogP contribution in [-0.2, 0) is 10.0 Å². The first-order valence-corrected chi connectivity index (χ1v) is 7.42. The van der Waals surface area contributed by atoms with Crippen LogP contribution in [0.3, 0.4) is 0 Å². The summed E-state index contributed by atoms with van der Waals surface area (Å²) in [5, 5.41) is 8.84. The molecule has 0 heterocycles.